The lowest BCUT2D eigenvalue weighted by Crippen LogP contribution is -2.18. The van der Waals surface area contributed by atoms with Gasteiger partial charge in [0.05, 0.1) is 0 Å². The lowest BCUT2D eigenvalue weighted by molar-refractivity contribution is -0.142. The van der Waals surface area contributed by atoms with E-state index in [0.717, 1.165) is 56.1 Å². The largest absolute Gasteiger partial charge is 0.422 e. The minimum atomic E-state index is -5.00. The summed E-state index contributed by atoms with van der Waals surface area (Å²) in [4.78, 5) is 0. The molecule has 0 bridgehead atoms. The monoisotopic (exact) mass is 428 g/mol. The van der Waals surface area contributed by atoms with E-state index in [1.165, 1.54) is 44.9 Å². The van der Waals surface area contributed by atoms with Crippen LogP contribution in [0.5, 0.6) is 0 Å². The molecular weight excluding hydrogens is 395 g/mol. The number of allylic oxidation sites excluding steroid dienone is 1. The highest BCUT2D eigenvalue weighted by Crippen LogP contribution is 2.42. The molecular formula is C25H33F5. The molecule has 0 heterocycles. The Bertz CT molecular complexity index is 669. The van der Waals surface area contributed by atoms with Gasteiger partial charge in [0.25, 0.3) is 0 Å². The summed E-state index contributed by atoms with van der Waals surface area (Å²) in [7, 11) is 0. The molecule has 3 rings (SSSR count). The number of rotatable bonds is 7. The van der Waals surface area contributed by atoms with E-state index in [2.05, 4.69) is 6.58 Å². The van der Waals surface area contributed by atoms with Crippen LogP contribution in [-0.2, 0) is 6.18 Å². The van der Waals surface area contributed by atoms with E-state index in [-0.39, 0.29) is 5.92 Å². The van der Waals surface area contributed by atoms with Crippen LogP contribution < -0.4 is 0 Å². The van der Waals surface area contributed by atoms with Crippen LogP contribution in [0.3, 0.4) is 0 Å². The molecule has 2 aliphatic rings. The molecule has 5 heteroatoms. The minimum Gasteiger partial charge on any atom is -0.206 e. The third-order valence-corrected chi connectivity index (χ3v) is 7.39. The smallest absolute Gasteiger partial charge is 0.206 e. The average Bonchev–Trinajstić information content (AvgIpc) is 2.70. The number of hydrogen-bond donors (Lipinski definition) is 0. The second-order valence-corrected chi connectivity index (χ2v) is 9.41. The molecule has 0 amide bonds. The van der Waals surface area contributed by atoms with Crippen LogP contribution in [0.15, 0.2) is 24.8 Å². The highest BCUT2D eigenvalue weighted by Gasteiger charge is 2.38. The standard InChI is InChI=1S/C25H33F5/c1-2-3-4-17-5-7-18(8-6-17)9-10-19-11-13-20(14-12-19)21-15-22(26)24(23(27)16-21)25(28,29)30/h2,15-20H,1,3-14H2/t17-,18-,19-,20-. The van der Waals surface area contributed by atoms with Crippen LogP contribution in [0, 0.1) is 29.4 Å². The van der Waals surface area contributed by atoms with E-state index < -0.39 is 23.4 Å². The molecule has 0 spiro atoms. The van der Waals surface area contributed by atoms with Gasteiger partial charge in [0.15, 0.2) is 0 Å². The first-order valence-corrected chi connectivity index (χ1v) is 11.4. The third-order valence-electron chi connectivity index (χ3n) is 7.39. The van der Waals surface area contributed by atoms with Gasteiger partial charge >= 0.3 is 6.18 Å². The van der Waals surface area contributed by atoms with Crippen LogP contribution >= 0.6 is 0 Å². The van der Waals surface area contributed by atoms with Crippen LogP contribution in [0.4, 0.5) is 22.0 Å². The van der Waals surface area contributed by atoms with E-state index in [1.54, 1.807) is 0 Å². The molecule has 2 fully saturated rings. The Morgan fingerprint density at radius 2 is 1.20 bits per heavy atom. The first-order valence-electron chi connectivity index (χ1n) is 11.4. The predicted molar refractivity (Wildman–Crippen MR) is 110 cm³/mol. The van der Waals surface area contributed by atoms with Crippen molar-refractivity contribution in [3.63, 3.8) is 0 Å². The molecule has 2 aliphatic carbocycles. The first kappa shape index (κ1) is 23.3. The maximum Gasteiger partial charge on any atom is 0.422 e. The molecule has 0 nitrogen and oxygen atoms in total. The van der Waals surface area contributed by atoms with Crippen LogP contribution in [-0.4, -0.2) is 0 Å². The molecule has 0 aromatic heterocycles. The molecule has 1 aromatic rings. The van der Waals surface area contributed by atoms with Gasteiger partial charge in [0, 0.05) is 0 Å². The maximum atomic E-state index is 13.9. The molecule has 1 aromatic carbocycles. The molecule has 0 atom stereocenters. The van der Waals surface area contributed by atoms with Crippen molar-refractivity contribution in [3.8, 4) is 0 Å². The van der Waals surface area contributed by atoms with Crippen molar-refractivity contribution < 1.29 is 22.0 Å². The fourth-order valence-corrected chi connectivity index (χ4v) is 5.52. The highest BCUT2D eigenvalue weighted by molar-refractivity contribution is 5.30. The zero-order chi connectivity index (χ0) is 21.7. The zero-order valence-corrected chi connectivity index (χ0v) is 17.6. The molecule has 30 heavy (non-hydrogen) atoms. The topological polar surface area (TPSA) is 0 Å². The highest BCUT2D eigenvalue weighted by atomic mass is 19.4. The third kappa shape index (κ3) is 6.07. The summed E-state index contributed by atoms with van der Waals surface area (Å²) in [6, 6.07) is 1.78. The van der Waals surface area contributed by atoms with Gasteiger partial charge in [-0.2, -0.15) is 13.2 Å². The number of hydrogen-bond acceptors (Lipinski definition) is 0. The fourth-order valence-electron chi connectivity index (χ4n) is 5.52. The van der Waals surface area contributed by atoms with Crippen LogP contribution in [0.2, 0.25) is 0 Å². The van der Waals surface area contributed by atoms with E-state index in [9.17, 15) is 22.0 Å². The second kappa shape index (κ2) is 10.3. The van der Waals surface area contributed by atoms with Gasteiger partial charge in [-0.1, -0.05) is 44.6 Å². The van der Waals surface area contributed by atoms with E-state index in [0.29, 0.717) is 11.5 Å². The lowest BCUT2D eigenvalue weighted by atomic mass is 9.74. The normalized spacial score (nSPS) is 27.8. The van der Waals surface area contributed by atoms with Gasteiger partial charge < -0.3 is 0 Å². The van der Waals surface area contributed by atoms with Crippen molar-refractivity contribution in [2.24, 2.45) is 17.8 Å². The molecule has 0 radical (unpaired) electrons. The minimum absolute atomic E-state index is 0.0483. The van der Waals surface area contributed by atoms with Crippen molar-refractivity contribution in [3.05, 3.63) is 47.5 Å². The quantitative estimate of drug-likeness (QED) is 0.301. The van der Waals surface area contributed by atoms with Crippen molar-refractivity contribution in [2.45, 2.75) is 89.1 Å². The Morgan fingerprint density at radius 3 is 1.63 bits per heavy atom. The van der Waals surface area contributed by atoms with Crippen molar-refractivity contribution in [1.82, 2.24) is 0 Å². The van der Waals surface area contributed by atoms with Gasteiger partial charge in [-0.15, -0.1) is 6.58 Å². The molecule has 0 aliphatic heterocycles. The summed E-state index contributed by atoms with van der Waals surface area (Å²) < 4.78 is 66.1. The van der Waals surface area contributed by atoms with Gasteiger partial charge in [0.1, 0.15) is 17.2 Å². The summed E-state index contributed by atoms with van der Waals surface area (Å²) in [5.74, 6) is -0.733. The zero-order valence-electron chi connectivity index (χ0n) is 17.6. The lowest BCUT2D eigenvalue weighted by Gasteiger charge is -2.32. The van der Waals surface area contributed by atoms with Crippen molar-refractivity contribution in [1.29, 1.82) is 0 Å². The van der Waals surface area contributed by atoms with Crippen LogP contribution in [0.1, 0.15) is 94.1 Å². The summed E-state index contributed by atoms with van der Waals surface area (Å²) in [5.41, 5.74) is -1.41. The van der Waals surface area contributed by atoms with Crippen LogP contribution in [0.25, 0.3) is 0 Å². The Morgan fingerprint density at radius 1 is 0.767 bits per heavy atom. The Balaban J connectivity index is 1.44. The fraction of sp³-hybridized carbons (Fsp3) is 0.680. The van der Waals surface area contributed by atoms with E-state index in [1.807, 2.05) is 6.08 Å². The summed E-state index contributed by atoms with van der Waals surface area (Å²) in [6.07, 6.45) is 10.7. The van der Waals surface area contributed by atoms with Crippen molar-refractivity contribution >= 4 is 0 Å². The summed E-state index contributed by atoms with van der Waals surface area (Å²) >= 11 is 0. The number of benzene rings is 1. The molecule has 0 unspecified atom stereocenters. The van der Waals surface area contributed by atoms with Crippen molar-refractivity contribution in [2.75, 3.05) is 0 Å². The second-order valence-electron chi connectivity index (χ2n) is 9.41. The van der Waals surface area contributed by atoms with Gasteiger partial charge in [0.2, 0.25) is 0 Å². The Hall–Kier alpha value is -1.39. The number of alkyl halides is 3. The Kier molecular flexibility index (Phi) is 7.98. The maximum absolute atomic E-state index is 13.9. The SMILES string of the molecule is C=CCC[C@H]1CC[C@H](CC[C@H]2CC[C@H](c3cc(F)c(C(F)(F)F)c(F)c3)CC2)CC1. The molecule has 168 valence electrons. The van der Waals surface area contributed by atoms with E-state index >= 15 is 0 Å². The number of halogens is 5. The summed E-state index contributed by atoms with van der Waals surface area (Å²) in [5, 5.41) is 0. The van der Waals surface area contributed by atoms with Gasteiger partial charge in [-0.25, -0.2) is 8.78 Å². The first-order chi connectivity index (χ1) is 14.3. The average molecular weight is 429 g/mol. The van der Waals surface area contributed by atoms with Gasteiger partial charge in [-0.3, -0.25) is 0 Å². The van der Waals surface area contributed by atoms with Gasteiger partial charge in [-0.05, 0) is 79.9 Å². The molecule has 0 N–H and O–H groups in total. The Labute approximate surface area is 176 Å². The van der Waals surface area contributed by atoms with E-state index in [4.69, 9.17) is 0 Å². The predicted octanol–water partition coefficient (Wildman–Crippen LogP) is 8.81. The summed E-state index contributed by atoms with van der Waals surface area (Å²) in [6.45, 7) is 3.81. The molecule has 2 saturated carbocycles. The molecule has 0 saturated heterocycles.